The van der Waals surface area contributed by atoms with E-state index >= 15 is 0 Å². The molecule has 74 valence electrons. The molecule has 0 aliphatic rings. The second kappa shape index (κ2) is 4.97. The summed E-state index contributed by atoms with van der Waals surface area (Å²) in [4.78, 5) is 0. The van der Waals surface area contributed by atoms with Crippen LogP contribution in [0.15, 0.2) is 0 Å². The predicted octanol–water partition coefficient (Wildman–Crippen LogP) is 2.23. The van der Waals surface area contributed by atoms with Crippen LogP contribution >= 0.6 is 0 Å². The lowest BCUT2D eigenvalue weighted by Crippen LogP contribution is -2.38. The zero-order valence-electron chi connectivity index (χ0n) is 8.81. The van der Waals surface area contributed by atoms with E-state index in [4.69, 9.17) is 0 Å². The average molecular weight is 191 g/mol. The molecule has 3 heteroatoms. The zero-order chi connectivity index (χ0) is 9.78. The quantitative estimate of drug-likeness (QED) is 0.725. The molecule has 2 nitrogen and oxygen atoms in total. The number of hydrogen-bond donors (Lipinski definition) is 1. The van der Waals surface area contributed by atoms with Crippen LogP contribution in [0.2, 0.25) is 0 Å². The Bertz CT molecular complexity index is 151. The zero-order valence-corrected chi connectivity index (χ0v) is 9.62. The second-order valence-electron chi connectivity index (χ2n) is 4.19. The van der Waals surface area contributed by atoms with Gasteiger partial charge >= 0.3 is 0 Å². The molecular weight excluding hydrogens is 170 g/mol. The van der Waals surface area contributed by atoms with Crippen LogP contribution < -0.4 is 4.72 Å². The van der Waals surface area contributed by atoms with Gasteiger partial charge in [-0.3, -0.25) is 0 Å². The monoisotopic (exact) mass is 191 g/mol. The van der Waals surface area contributed by atoms with Crippen LogP contribution in [-0.4, -0.2) is 15.0 Å². The summed E-state index contributed by atoms with van der Waals surface area (Å²) < 4.78 is 14.5. The summed E-state index contributed by atoms with van der Waals surface area (Å²) in [7, 11) is -0.919. The molecule has 0 bridgehead atoms. The molecule has 0 saturated carbocycles. The van der Waals surface area contributed by atoms with Crippen molar-refractivity contribution in [3.05, 3.63) is 0 Å². The van der Waals surface area contributed by atoms with Crippen LogP contribution in [0.4, 0.5) is 0 Å². The third kappa shape index (κ3) is 4.88. The van der Waals surface area contributed by atoms with Gasteiger partial charge < -0.3 is 0 Å². The van der Waals surface area contributed by atoms with Gasteiger partial charge in [-0.25, -0.2) is 8.93 Å². The normalized spacial score (nSPS) is 17.4. The summed E-state index contributed by atoms with van der Waals surface area (Å²) in [6, 6.07) is 0.357. The van der Waals surface area contributed by atoms with Crippen molar-refractivity contribution in [1.82, 2.24) is 4.72 Å². The number of nitrogens with one attached hydrogen (secondary N) is 1. The Labute approximate surface area is 78.7 Å². The molecule has 0 heterocycles. The first kappa shape index (κ1) is 12.1. The third-order valence-corrected chi connectivity index (χ3v) is 3.31. The minimum Gasteiger partial charge on any atom is -0.242 e. The first-order valence-corrected chi connectivity index (χ1v) is 5.71. The highest BCUT2D eigenvalue weighted by Crippen LogP contribution is 2.10. The van der Waals surface area contributed by atoms with E-state index in [0.29, 0.717) is 6.04 Å². The summed E-state index contributed by atoms with van der Waals surface area (Å²) in [6.07, 6.45) is 2.22. The Morgan fingerprint density at radius 2 is 1.92 bits per heavy atom. The Morgan fingerprint density at radius 3 is 2.25 bits per heavy atom. The summed E-state index contributed by atoms with van der Waals surface area (Å²) in [5.74, 6) is 0. The predicted molar refractivity (Wildman–Crippen MR) is 55.4 cm³/mol. The molecule has 0 fully saturated rings. The van der Waals surface area contributed by atoms with Crippen molar-refractivity contribution in [3.8, 4) is 0 Å². The molecule has 2 atom stereocenters. The second-order valence-corrected chi connectivity index (χ2v) is 6.19. The summed E-state index contributed by atoms with van der Waals surface area (Å²) >= 11 is 0. The molecule has 0 aromatic rings. The fraction of sp³-hybridized carbons (Fsp3) is 1.00. The molecule has 1 N–H and O–H groups in total. The lowest BCUT2D eigenvalue weighted by atomic mass is 10.2. The number of hydrogen-bond acceptors (Lipinski definition) is 1. The van der Waals surface area contributed by atoms with Crippen molar-refractivity contribution < 1.29 is 4.21 Å². The Balaban J connectivity index is 3.85. The molecule has 1 unspecified atom stereocenters. The molecule has 12 heavy (non-hydrogen) atoms. The fourth-order valence-corrected chi connectivity index (χ4v) is 1.69. The minimum atomic E-state index is -0.919. The summed E-state index contributed by atoms with van der Waals surface area (Å²) in [5, 5.41) is 0. The van der Waals surface area contributed by atoms with E-state index in [0.717, 1.165) is 12.8 Å². The van der Waals surface area contributed by atoms with E-state index < -0.39 is 11.0 Å². The number of rotatable bonds is 4. The van der Waals surface area contributed by atoms with E-state index in [-0.39, 0.29) is 4.75 Å². The summed E-state index contributed by atoms with van der Waals surface area (Å²) in [5.41, 5.74) is 0. The molecule has 0 aromatic carbocycles. The molecule has 0 spiro atoms. The van der Waals surface area contributed by atoms with E-state index in [1.54, 1.807) is 0 Å². The van der Waals surface area contributed by atoms with Crippen LogP contribution in [0.5, 0.6) is 0 Å². The Hall–Kier alpha value is 0.110. The van der Waals surface area contributed by atoms with Crippen molar-refractivity contribution in [2.45, 2.75) is 58.2 Å². The highest BCUT2D eigenvalue weighted by atomic mass is 32.2. The van der Waals surface area contributed by atoms with Gasteiger partial charge in [0.15, 0.2) is 0 Å². The highest BCUT2D eigenvalue weighted by Gasteiger charge is 2.20. The first-order chi connectivity index (χ1) is 5.38. The maximum Gasteiger partial charge on any atom is 0.0972 e. The van der Waals surface area contributed by atoms with E-state index in [2.05, 4.69) is 18.6 Å². The van der Waals surface area contributed by atoms with Crippen molar-refractivity contribution in [2.75, 3.05) is 0 Å². The van der Waals surface area contributed by atoms with Gasteiger partial charge in [-0.15, -0.1) is 0 Å². The average Bonchev–Trinajstić information content (AvgIpc) is 1.85. The van der Waals surface area contributed by atoms with E-state index in [1.807, 2.05) is 20.8 Å². The molecule has 0 aliphatic carbocycles. The topological polar surface area (TPSA) is 29.1 Å². The molecule has 0 rings (SSSR count). The summed E-state index contributed by atoms with van der Waals surface area (Å²) in [6.45, 7) is 10.2. The van der Waals surface area contributed by atoms with Gasteiger partial charge in [-0.1, -0.05) is 13.3 Å². The van der Waals surface area contributed by atoms with Crippen molar-refractivity contribution >= 4 is 11.0 Å². The molecule has 0 amide bonds. The minimum absolute atomic E-state index is 0.151. The SMILES string of the molecule is CCC[C@@H](C)NS(=O)C(C)(C)C. The lowest BCUT2D eigenvalue weighted by molar-refractivity contribution is 0.576. The van der Waals surface area contributed by atoms with Gasteiger partial charge in [0.2, 0.25) is 0 Å². The molecule has 0 radical (unpaired) electrons. The lowest BCUT2D eigenvalue weighted by Gasteiger charge is -2.21. The maximum atomic E-state index is 11.5. The van der Waals surface area contributed by atoms with Crippen LogP contribution in [0.3, 0.4) is 0 Å². The van der Waals surface area contributed by atoms with Crippen molar-refractivity contribution in [3.63, 3.8) is 0 Å². The molecule has 0 aromatic heterocycles. The first-order valence-electron chi connectivity index (χ1n) is 4.56. The Kier molecular flexibility index (Phi) is 5.02. The van der Waals surface area contributed by atoms with Gasteiger partial charge in [0.05, 0.1) is 15.7 Å². The van der Waals surface area contributed by atoms with Gasteiger partial charge in [0, 0.05) is 6.04 Å². The van der Waals surface area contributed by atoms with Gasteiger partial charge in [-0.2, -0.15) is 0 Å². The fourth-order valence-electron chi connectivity index (χ4n) is 0.851. The van der Waals surface area contributed by atoms with E-state index in [9.17, 15) is 4.21 Å². The molecular formula is C9H21NOS. The highest BCUT2D eigenvalue weighted by molar-refractivity contribution is 7.84. The van der Waals surface area contributed by atoms with Gasteiger partial charge in [-0.05, 0) is 34.1 Å². The standard InChI is InChI=1S/C9H21NOS/c1-6-7-8(2)10-12(11)9(3,4)5/h8,10H,6-7H2,1-5H3/t8-,12?/m1/s1. The van der Waals surface area contributed by atoms with Gasteiger partial charge in [0.25, 0.3) is 0 Å². The molecule has 0 saturated heterocycles. The largest absolute Gasteiger partial charge is 0.242 e. The van der Waals surface area contributed by atoms with Crippen molar-refractivity contribution in [2.24, 2.45) is 0 Å². The smallest absolute Gasteiger partial charge is 0.0972 e. The van der Waals surface area contributed by atoms with Gasteiger partial charge in [0.1, 0.15) is 0 Å². The van der Waals surface area contributed by atoms with Crippen LogP contribution in [0.25, 0.3) is 0 Å². The maximum absolute atomic E-state index is 11.5. The van der Waals surface area contributed by atoms with Crippen LogP contribution in [0.1, 0.15) is 47.5 Å². The van der Waals surface area contributed by atoms with Crippen LogP contribution in [0, 0.1) is 0 Å². The Morgan fingerprint density at radius 1 is 1.42 bits per heavy atom. The third-order valence-electron chi connectivity index (χ3n) is 1.59. The van der Waals surface area contributed by atoms with Crippen molar-refractivity contribution in [1.29, 1.82) is 0 Å². The van der Waals surface area contributed by atoms with E-state index in [1.165, 1.54) is 0 Å². The van der Waals surface area contributed by atoms with Crippen LogP contribution in [-0.2, 0) is 11.0 Å². The molecule has 0 aliphatic heterocycles.